The highest BCUT2D eigenvalue weighted by molar-refractivity contribution is 5.75. The molecule has 1 unspecified atom stereocenters. The summed E-state index contributed by atoms with van der Waals surface area (Å²) < 4.78 is 0. The molecule has 1 atom stereocenters. The Kier molecular flexibility index (Phi) is 4.61. The molecule has 1 heterocycles. The highest BCUT2D eigenvalue weighted by Crippen LogP contribution is 2.18. The maximum absolute atomic E-state index is 12.1. The summed E-state index contributed by atoms with van der Waals surface area (Å²) in [6.45, 7) is 2.95. The van der Waals surface area contributed by atoms with Gasteiger partial charge in [-0.2, -0.15) is 0 Å². The second-order valence-electron chi connectivity index (χ2n) is 5.18. The first-order valence-corrected chi connectivity index (χ1v) is 6.91. The number of rotatable bonds is 3. The number of benzene rings is 1. The first-order valence-electron chi connectivity index (χ1n) is 6.91. The second-order valence-corrected chi connectivity index (χ2v) is 5.18. The molecule has 108 valence electrons. The number of carbonyl (C=O) groups excluding carboxylic acids is 1. The zero-order valence-electron chi connectivity index (χ0n) is 11.6. The van der Waals surface area contributed by atoms with E-state index < -0.39 is 5.97 Å². The highest BCUT2D eigenvalue weighted by Gasteiger charge is 2.27. The lowest BCUT2D eigenvalue weighted by Crippen LogP contribution is -2.46. The zero-order chi connectivity index (χ0) is 14.5. The molecule has 1 aromatic carbocycles. The van der Waals surface area contributed by atoms with Gasteiger partial charge in [-0.15, -0.1) is 0 Å². The molecule has 5 heteroatoms. The van der Waals surface area contributed by atoms with Gasteiger partial charge in [0, 0.05) is 13.1 Å². The third-order valence-electron chi connectivity index (χ3n) is 3.77. The first kappa shape index (κ1) is 14.4. The molecule has 20 heavy (non-hydrogen) atoms. The van der Waals surface area contributed by atoms with Crippen LogP contribution >= 0.6 is 0 Å². The number of hydrogen-bond acceptors (Lipinski definition) is 2. The SMILES string of the molecule is CC(NC(=O)N1CCC(C(=O)O)CC1)c1ccccc1. The molecule has 1 saturated heterocycles. The summed E-state index contributed by atoms with van der Waals surface area (Å²) in [5.74, 6) is -1.08. The fourth-order valence-electron chi connectivity index (χ4n) is 2.43. The van der Waals surface area contributed by atoms with Gasteiger partial charge in [0.15, 0.2) is 0 Å². The normalized spacial score (nSPS) is 17.6. The Labute approximate surface area is 118 Å². The quantitative estimate of drug-likeness (QED) is 0.889. The average molecular weight is 276 g/mol. The molecule has 1 aliphatic heterocycles. The molecular formula is C15H20N2O3. The Morgan fingerprint density at radius 1 is 1.25 bits per heavy atom. The smallest absolute Gasteiger partial charge is 0.317 e. The molecule has 0 saturated carbocycles. The van der Waals surface area contributed by atoms with Crippen molar-refractivity contribution in [2.45, 2.75) is 25.8 Å². The van der Waals surface area contributed by atoms with Crippen LogP contribution in [0.1, 0.15) is 31.4 Å². The molecule has 0 aromatic heterocycles. The third-order valence-corrected chi connectivity index (χ3v) is 3.77. The van der Waals surface area contributed by atoms with Crippen molar-refractivity contribution in [3.63, 3.8) is 0 Å². The van der Waals surface area contributed by atoms with E-state index in [1.54, 1.807) is 4.90 Å². The molecule has 0 bridgehead atoms. The number of nitrogens with zero attached hydrogens (tertiary/aromatic N) is 1. The van der Waals surface area contributed by atoms with Crippen molar-refractivity contribution >= 4 is 12.0 Å². The first-order chi connectivity index (χ1) is 9.58. The lowest BCUT2D eigenvalue weighted by molar-refractivity contribution is -0.143. The van der Waals surface area contributed by atoms with Gasteiger partial charge in [-0.3, -0.25) is 4.79 Å². The minimum Gasteiger partial charge on any atom is -0.481 e. The van der Waals surface area contributed by atoms with E-state index in [9.17, 15) is 9.59 Å². The molecule has 1 fully saturated rings. The van der Waals surface area contributed by atoms with Gasteiger partial charge in [0.25, 0.3) is 0 Å². The number of carboxylic acids is 1. The van der Waals surface area contributed by atoms with Crippen molar-refractivity contribution in [1.82, 2.24) is 10.2 Å². The van der Waals surface area contributed by atoms with Crippen LogP contribution in [0.25, 0.3) is 0 Å². The molecule has 0 radical (unpaired) electrons. The number of amides is 2. The van der Waals surface area contributed by atoms with Crippen molar-refractivity contribution < 1.29 is 14.7 Å². The van der Waals surface area contributed by atoms with E-state index in [1.165, 1.54) is 0 Å². The number of carbonyl (C=O) groups is 2. The van der Waals surface area contributed by atoms with Gasteiger partial charge in [-0.05, 0) is 25.3 Å². The van der Waals surface area contributed by atoms with Gasteiger partial charge in [-0.1, -0.05) is 30.3 Å². The summed E-state index contributed by atoms with van der Waals surface area (Å²) in [5, 5.41) is 11.9. The number of nitrogens with one attached hydrogen (secondary N) is 1. The van der Waals surface area contributed by atoms with E-state index in [2.05, 4.69) is 5.32 Å². The predicted molar refractivity (Wildman–Crippen MR) is 75.3 cm³/mol. The van der Waals surface area contributed by atoms with E-state index >= 15 is 0 Å². The van der Waals surface area contributed by atoms with Crippen LogP contribution in [-0.2, 0) is 4.79 Å². The number of hydrogen-bond donors (Lipinski definition) is 2. The van der Waals surface area contributed by atoms with E-state index in [1.807, 2.05) is 37.3 Å². The molecule has 2 rings (SSSR count). The Hall–Kier alpha value is -2.04. The van der Waals surface area contributed by atoms with Crippen molar-refractivity contribution in [2.24, 2.45) is 5.92 Å². The Balaban J connectivity index is 1.85. The van der Waals surface area contributed by atoms with E-state index in [-0.39, 0.29) is 18.0 Å². The highest BCUT2D eigenvalue weighted by atomic mass is 16.4. The van der Waals surface area contributed by atoms with Crippen molar-refractivity contribution in [2.75, 3.05) is 13.1 Å². The second kappa shape index (κ2) is 6.41. The van der Waals surface area contributed by atoms with Crippen LogP contribution in [0.5, 0.6) is 0 Å². The van der Waals surface area contributed by atoms with Gasteiger partial charge >= 0.3 is 12.0 Å². The molecule has 1 aromatic rings. The van der Waals surface area contributed by atoms with Crippen LogP contribution in [0.15, 0.2) is 30.3 Å². The van der Waals surface area contributed by atoms with E-state index in [0.29, 0.717) is 25.9 Å². The van der Waals surface area contributed by atoms with Gasteiger partial charge in [0.2, 0.25) is 0 Å². The Morgan fingerprint density at radius 2 is 1.85 bits per heavy atom. The topological polar surface area (TPSA) is 69.6 Å². The minimum absolute atomic E-state index is 0.0547. The number of piperidine rings is 1. The van der Waals surface area contributed by atoms with Gasteiger partial charge < -0.3 is 15.3 Å². The van der Waals surface area contributed by atoms with Crippen LogP contribution in [0, 0.1) is 5.92 Å². The minimum atomic E-state index is -0.761. The molecule has 0 aliphatic carbocycles. The summed E-state index contributed by atoms with van der Waals surface area (Å²) in [4.78, 5) is 24.7. The molecule has 1 aliphatic rings. The van der Waals surface area contributed by atoms with Crippen molar-refractivity contribution in [3.05, 3.63) is 35.9 Å². The largest absolute Gasteiger partial charge is 0.481 e. The fraction of sp³-hybridized carbons (Fsp3) is 0.467. The van der Waals surface area contributed by atoms with Crippen LogP contribution in [-0.4, -0.2) is 35.1 Å². The zero-order valence-corrected chi connectivity index (χ0v) is 11.6. The van der Waals surface area contributed by atoms with Crippen LogP contribution in [0.2, 0.25) is 0 Å². The molecule has 0 spiro atoms. The lowest BCUT2D eigenvalue weighted by Gasteiger charge is -2.31. The molecule has 2 amide bonds. The van der Waals surface area contributed by atoms with Crippen molar-refractivity contribution in [1.29, 1.82) is 0 Å². The summed E-state index contributed by atoms with van der Waals surface area (Å²) in [7, 11) is 0. The lowest BCUT2D eigenvalue weighted by atomic mass is 9.97. The van der Waals surface area contributed by atoms with Crippen molar-refractivity contribution in [3.8, 4) is 0 Å². The third kappa shape index (κ3) is 3.50. The number of aliphatic carboxylic acids is 1. The van der Waals surface area contributed by atoms with Crippen LogP contribution < -0.4 is 5.32 Å². The maximum atomic E-state index is 12.1. The van der Waals surface area contributed by atoms with E-state index in [0.717, 1.165) is 5.56 Å². The van der Waals surface area contributed by atoms with Crippen LogP contribution in [0.3, 0.4) is 0 Å². The molecule has 5 nitrogen and oxygen atoms in total. The fourth-order valence-corrected chi connectivity index (χ4v) is 2.43. The van der Waals surface area contributed by atoms with Gasteiger partial charge in [0.1, 0.15) is 0 Å². The standard InChI is InChI=1S/C15H20N2O3/c1-11(12-5-3-2-4-6-12)16-15(20)17-9-7-13(8-10-17)14(18)19/h2-6,11,13H,7-10H2,1H3,(H,16,20)(H,18,19). The average Bonchev–Trinajstić information content (AvgIpc) is 2.48. The monoisotopic (exact) mass is 276 g/mol. The van der Waals surface area contributed by atoms with Gasteiger partial charge in [-0.25, -0.2) is 4.79 Å². The molecular weight excluding hydrogens is 256 g/mol. The Morgan fingerprint density at radius 3 is 2.40 bits per heavy atom. The predicted octanol–water partition coefficient (Wildman–Crippen LogP) is 2.25. The number of carboxylic acid groups (broad SMARTS) is 1. The summed E-state index contributed by atoms with van der Waals surface area (Å²) in [6, 6.07) is 9.59. The summed E-state index contributed by atoms with van der Waals surface area (Å²) in [5.41, 5.74) is 1.06. The summed E-state index contributed by atoms with van der Waals surface area (Å²) >= 11 is 0. The number of urea groups is 1. The van der Waals surface area contributed by atoms with Crippen LogP contribution in [0.4, 0.5) is 4.79 Å². The van der Waals surface area contributed by atoms with E-state index in [4.69, 9.17) is 5.11 Å². The Bertz CT molecular complexity index is 467. The summed E-state index contributed by atoms with van der Waals surface area (Å²) in [6.07, 6.45) is 1.06. The maximum Gasteiger partial charge on any atom is 0.317 e. The number of likely N-dealkylation sites (tertiary alicyclic amines) is 1. The molecule has 2 N–H and O–H groups in total. The van der Waals surface area contributed by atoms with Gasteiger partial charge in [0.05, 0.1) is 12.0 Å².